The van der Waals surface area contributed by atoms with Gasteiger partial charge in [0.1, 0.15) is 5.75 Å². The fourth-order valence-corrected chi connectivity index (χ4v) is 2.95. The van der Waals surface area contributed by atoms with E-state index in [9.17, 15) is 23.1 Å². The Bertz CT molecular complexity index is 790. The summed E-state index contributed by atoms with van der Waals surface area (Å²) < 4.78 is 40.3. The van der Waals surface area contributed by atoms with Crippen LogP contribution in [0, 0.1) is 0 Å². The molecule has 2 aromatic rings. The molecule has 29 heavy (non-hydrogen) atoms. The van der Waals surface area contributed by atoms with Crippen molar-refractivity contribution in [3.63, 3.8) is 0 Å². The van der Waals surface area contributed by atoms with E-state index in [4.69, 9.17) is 0 Å². The number of amides is 1. The topological polar surface area (TPSA) is 61.8 Å². The van der Waals surface area contributed by atoms with Crippen LogP contribution >= 0.6 is 0 Å². The van der Waals surface area contributed by atoms with Crippen LogP contribution in [0.5, 0.6) is 5.75 Å². The summed E-state index contributed by atoms with van der Waals surface area (Å²) in [5.74, 6) is -0.722. The van der Waals surface area contributed by atoms with Crippen LogP contribution in [0.4, 0.5) is 18.9 Å². The molecule has 8 heteroatoms. The molecule has 1 atom stereocenters. The molecular formula is C21H25F3N2O3. The number of benzene rings is 2. The van der Waals surface area contributed by atoms with E-state index in [2.05, 4.69) is 35.7 Å². The Morgan fingerprint density at radius 2 is 1.69 bits per heavy atom. The van der Waals surface area contributed by atoms with E-state index >= 15 is 0 Å². The number of ether oxygens (including phenoxy) is 1. The molecular weight excluding hydrogens is 385 g/mol. The lowest BCUT2D eigenvalue weighted by molar-refractivity contribution is -0.274. The second-order valence-corrected chi connectivity index (χ2v) is 6.77. The minimum Gasteiger partial charge on any atom is -0.406 e. The van der Waals surface area contributed by atoms with Gasteiger partial charge in [0, 0.05) is 30.4 Å². The number of carbonyl (C=O) groups is 1. The normalized spacial score (nSPS) is 12.6. The molecule has 0 aliphatic rings. The van der Waals surface area contributed by atoms with Crippen LogP contribution in [0.15, 0.2) is 48.5 Å². The van der Waals surface area contributed by atoms with Crippen LogP contribution in [-0.4, -0.2) is 36.5 Å². The van der Waals surface area contributed by atoms with Crippen molar-refractivity contribution in [1.82, 2.24) is 5.32 Å². The van der Waals surface area contributed by atoms with Gasteiger partial charge in [0.05, 0.1) is 6.10 Å². The highest BCUT2D eigenvalue weighted by atomic mass is 19.4. The molecule has 0 fully saturated rings. The number of aliphatic hydroxyl groups excluding tert-OH is 1. The first kappa shape index (κ1) is 22.5. The SMILES string of the molecule is CCN(c1ccc(C(=O)NCC(O)c2ccc(OC(F)(F)F)cc2)cc1)C(C)C. The monoisotopic (exact) mass is 410 g/mol. The molecule has 0 saturated heterocycles. The summed E-state index contributed by atoms with van der Waals surface area (Å²) in [5.41, 5.74) is 1.83. The lowest BCUT2D eigenvalue weighted by atomic mass is 10.1. The number of rotatable bonds is 8. The highest BCUT2D eigenvalue weighted by Crippen LogP contribution is 2.24. The molecule has 0 bridgehead atoms. The van der Waals surface area contributed by atoms with Crippen molar-refractivity contribution in [2.75, 3.05) is 18.0 Å². The van der Waals surface area contributed by atoms with Crippen LogP contribution in [-0.2, 0) is 0 Å². The molecule has 5 nitrogen and oxygen atoms in total. The Balaban J connectivity index is 1.93. The third-order valence-corrected chi connectivity index (χ3v) is 4.38. The lowest BCUT2D eigenvalue weighted by Crippen LogP contribution is -2.30. The Labute approximate surface area is 168 Å². The number of hydrogen-bond donors (Lipinski definition) is 2. The number of alkyl halides is 3. The summed E-state index contributed by atoms with van der Waals surface area (Å²) in [6, 6.07) is 12.4. The maximum atomic E-state index is 12.3. The van der Waals surface area contributed by atoms with Crippen LogP contribution < -0.4 is 15.0 Å². The zero-order valence-electron chi connectivity index (χ0n) is 16.5. The van der Waals surface area contributed by atoms with Gasteiger partial charge in [-0.2, -0.15) is 0 Å². The van der Waals surface area contributed by atoms with E-state index in [0.717, 1.165) is 24.4 Å². The summed E-state index contributed by atoms with van der Waals surface area (Å²) in [6.45, 7) is 7.01. The highest BCUT2D eigenvalue weighted by Gasteiger charge is 2.31. The van der Waals surface area contributed by atoms with Crippen LogP contribution in [0.3, 0.4) is 0 Å². The summed E-state index contributed by atoms with van der Waals surface area (Å²) in [6.07, 6.45) is -5.83. The van der Waals surface area contributed by atoms with Gasteiger partial charge in [0.25, 0.3) is 5.91 Å². The number of carbonyl (C=O) groups excluding carboxylic acids is 1. The third kappa shape index (κ3) is 6.67. The van der Waals surface area contributed by atoms with Gasteiger partial charge in [-0.15, -0.1) is 13.2 Å². The van der Waals surface area contributed by atoms with Gasteiger partial charge >= 0.3 is 6.36 Å². The zero-order valence-corrected chi connectivity index (χ0v) is 16.5. The molecule has 158 valence electrons. The lowest BCUT2D eigenvalue weighted by Gasteiger charge is -2.27. The number of hydrogen-bond acceptors (Lipinski definition) is 4. The molecule has 2 rings (SSSR count). The fourth-order valence-electron chi connectivity index (χ4n) is 2.95. The van der Waals surface area contributed by atoms with Gasteiger partial charge in [-0.1, -0.05) is 12.1 Å². The molecule has 2 aromatic carbocycles. The van der Waals surface area contributed by atoms with E-state index in [1.807, 2.05) is 12.1 Å². The quantitative estimate of drug-likeness (QED) is 0.682. The van der Waals surface area contributed by atoms with Crippen LogP contribution in [0.25, 0.3) is 0 Å². The minimum atomic E-state index is -4.77. The van der Waals surface area contributed by atoms with Crippen molar-refractivity contribution in [2.24, 2.45) is 0 Å². The van der Waals surface area contributed by atoms with E-state index in [1.165, 1.54) is 12.1 Å². The Kier molecular flexibility index (Phi) is 7.50. The molecule has 1 amide bonds. The second kappa shape index (κ2) is 9.65. The van der Waals surface area contributed by atoms with E-state index < -0.39 is 12.5 Å². The largest absolute Gasteiger partial charge is 0.573 e. The molecule has 0 radical (unpaired) electrons. The number of nitrogens with one attached hydrogen (secondary N) is 1. The predicted octanol–water partition coefficient (Wildman–Crippen LogP) is 4.28. The standard InChI is InChI=1S/C21H25F3N2O3/c1-4-26(14(2)3)17-9-5-16(6-10-17)20(28)25-13-19(27)15-7-11-18(12-8-15)29-21(22,23)24/h5-12,14,19,27H,4,13H2,1-3H3,(H,25,28). The van der Waals surface area contributed by atoms with Gasteiger partial charge in [-0.25, -0.2) is 0 Å². The number of halogens is 3. The van der Waals surface area contributed by atoms with Gasteiger partial charge < -0.3 is 20.1 Å². The van der Waals surface area contributed by atoms with Gasteiger partial charge in [0.15, 0.2) is 0 Å². The van der Waals surface area contributed by atoms with Gasteiger partial charge in [-0.3, -0.25) is 4.79 Å². The summed E-state index contributed by atoms with van der Waals surface area (Å²) in [4.78, 5) is 14.5. The summed E-state index contributed by atoms with van der Waals surface area (Å²) in [5, 5.41) is 12.8. The van der Waals surface area contributed by atoms with Crippen LogP contribution in [0.1, 0.15) is 42.8 Å². The Morgan fingerprint density at radius 1 is 1.10 bits per heavy atom. The fraction of sp³-hybridized carbons (Fsp3) is 0.381. The summed E-state index contributed by atoms with van der Waals surface area (Å²) >= 11 is 0. The molecule has 0 heterocycles. The smallest absolute Gasteiger partial charge is 0.406 e. The van der Waals surface area contributed by atoms with Crippen molar-refractivity contribution in [3.8, 4) is 5.75 Å². The first-order chi connectivity index (χ1) is 13.6. The molecule has 0 aliphatic carbocycles. The molecule has 1 unspecified atom stereocenters. The van der Waals surface area contributed by atoms with E-state index in [0.29, 0.717) is 17.2 Å². The second-order valence-electron chi connectivity index (χ2n) is 6.77. The van der Waals surface area contributed by atoms with Crippen molar-refractivity contribution >= 4 is 11.6 Å². The molecule has 0 spiro atoms. The van der Waals surface area contributed by atoms with Crippen molar-refractivity contribution < 1.29 is 27.8 Å². The van der Waals surface area contributed by atoms with Crippen molar-refractivity contribution in [3.05, 3.63) is 59.7 Å². The molecule has 0 saturated carbocycles. The summed E-state index contributed by atoms with van der Waals surface area (Å²) in [7, 11) is 0. The van der Waals surface area contributed by atoms with Crippen molar-refractivity contribution in [2.45, 2.75) is 39.3 Å². The average Bonchev–Trinajstić information content (AvgIpc) is 2.66. The van der Waals surface area contributed by atoms with Crippen LogP contribution in [0.2, 0.25) is 0 Å². The maximum Gasteiger partial charge on any atom is 0.573 e. The maximum absolute atomic E-state index is 12.3. The third-order valence-electron chi connectivity index (χ3n) is 4.38. The van der Waals surface area contributed by atoms with E-state index in [1.54, 1.807) is 12.1 Å². The van der Waals surface area contributed by atoms with Gasteiger partial charge in [-0.05, 0) is 62.7 Å². The van der Waals surface area contributed by atoms with E-state index in [-0.39, 0.29) is 18.2 Å². The molecule has 2 N–H and O–H groups in total. The predicted molar refractivity (Wildman–Crippen MR) is 105 cm³/mol. The van der Waals surface area contributed by atoms with Gasteiger partial charge in [0.2, 0.25) is 0 Å². The Hall–Kier alpha value is -2.74. The highest BCUT2D eigenvalue weighted by molar-refractivity contribution is 5.94. The number of anilines is 1. The minimum absolute atomic E-state index is 0.0763. The van der Waals surface area contributed by atoms with Crippen molar-refractivity contribution in [1.29, 1.82) is 0 Å². The first-order valence-corrected chi connectivity index (χ1v) is 9.29. The average molecular weight is 410 g/mol. The molecule has 0 aliphatic heterocycles. The first-order valence-electron chi connectivity index (χ1n) is 9.29. The zero-order chi connectivity index (χ0) is 21.6. The molecule has 0 aromatic heterocycles. The Morgan fingerprint density at radius 3 is 2.17 bits per heavy atom. The number of aliphatic hydroxyl groups is 1. The number of nitrogens with zero attached hydrogens (tertiary/aromatic N) is 1.